The minimum atomic E-state index is 0.309. The number of rotatable bonds is 10. The highest BCUT2D eigenvalue weighted by Crippen LogP contribution is 2.00. The van der Waals surface area contributed by atoms with Crippen LogP contribution >= 0.6 is 0 Å². The second-order valence-corrected chi connectivity index (χ2v) is 5.47. The molecule has 0 fully saturated rings. The SMILES string of the molecule is CC(C)CNCc1nnnn1CCCCOC(C)C. The van der Waals surface area contributed by atoms with Gasteiger partial charge in [-0.25, -0.2) is 4.68 Å². The first kappa shape index (κ1) is 16.0. The first-order chi connectivity index (χ1) is 9.09. The van der Waals surface area contributed by atoms with E-state index >= 15 is 0 Å². The van der Waals surface area contributed by atoms with Crippen LogP contribution in [0.3, 0.4) is 0 Å². The van der Waals surface area contributed by atoms with Crippen LogP contribution in [0.2, 0.25) is 0 Å². The van der Waals surface area contributed by atoms with E-state index in [-0.39, 0.29) is 0 Å². The second kappa shape index (κ2) is 8.98. The Hall–Kier alpha value is -1.01. The lowest BCUT2D eigenvalue weighted by Gasteiger charge is -2.09. The smallest absolute Gasteiger partial charge is 0.165 e. The molecule has 0 radical (unpaired) electrons. The maximum Gasteiger partial charge on any atom is 0.165 e. The largest absolute Gasteiger partial charge is 0.379 e. The molecule has 0 bridgehead atoms. The second-order valence-electron chi connectivity index (χ2n) is 5.47. The van der Waals surface area contributed by atoms with E-state index in [1.54, 1.807) is 0 Å². The van der Waals surface area contributed by atoms with Gasteiger partial charge >= 0.3 is 0 Å². The molecule has 1 heterocycles. The van der Waals surface area contributed by atoms with Crippen LogP contribution in [0, 0.1) is 5.92 Å². The molecule has 0 saturated heterocycles. The molecule has 1 aromatic rings. The lowest BCUT2D eigenvalue weighted by Crippen LogP contribution is -2.22. The Morgan fingerprint density at radius 3 is 2.68 bits per heavy atom. The molecule has 1 N–H and O–H groups in total. The first-order valence-corrected chi connectivity index (χ1v) is 7.17. The van der Waals surface area contributed by atoms with Crippen molar-refractivity contribution in [1.82, 2.24) is 25.5 Å². The fraction of sp³-hybridized carbons (Fsp3) is 0.923. The van der Waals surface area contributed by atoms with Gasteiger partial charge in [0, 0.05) is 13.2 Å². The summed E-state index contributed by atoms with van der Waals surface area (Å²) in [5.41, 5.74) is 0. The molecule has 1 rings (SSSR count). The summed E-state index contributed by atoms with van der Waals surface area (Å²) in [5.74, 6) is 1.54. The average molecular weight is 269 g/mol. The zero-order valence-electron chi connectivity index (χ0n) is 12.6. The fourth-order valence-corrected chi connectivity index (χ4v) is 1.68. The molecule has 0 aromatic carbocycles. The zero-order chi connectivity index (χ0) is 14.1. The summed E-state index contributed by atoms with van der Waals surface area (Å²) in [6, 6.07) is 0. The zero-order valence-corrected chi connectivity index (χ0v) is 12.6. The molecule has 0 amide bonds. The summed E-state index contributed by atoms with van der Waals surface area (Å²) in [6.45, 7) is 11.9. The van der Waals surface area contributed by atoms with Crippen LogP contribution < -0.4 is 5.32 Å². The van der Waals surface area contributed by atoms with Crippen LogP contribution in [-0.4, -0.2) is 39.5 Å². The number of hydrogen-bond acceptors (Lipinski definition) is 5. The van der Waals surface area contributed by atoms with E-state index in [0.29, 0.717) is 12.0 Å². The van der Waals surface area contributed by atoms with Crippen molar-refractivity contribution in [2.45, 2.75) is 59.7 Å². The lowest BCUT2D eigenvalue weighted by molar-refractivity contribution is 0.0752. The molecule has 0 atom stereocenters. The Morgan fingerprint density at radius 1 is 1.21 bits per heavy atom. The van der Waals surface area contributed by atoms with E-state index in [2.05, 4.69) is 48.5 Å². The molecule has 0 saturated carbocycles. The Bertz CT molecular complexity index is 338. The molecule has 0 aliphatic carbocycles. The summed E-state index contributed by atoms with van der Waals surface area (Å²) in [5, 5.41) is 15.2. The number of tetrazole rings is 1. The van der Waals surface area contributed by atoms with Gasteiger partial charge in [-0.15, -0.1) is 5.10 Å². The van der Waals surface area contributed by atoms with Crippen molar-refractivity contribution >= 4 is 0 Å². The van der Waals surface area contributed by atoms with Gasteiger partial charge in [-0.1, -0.05) is 13.8 Å². The summed E-state index contributed by atoms with van der Waals surface area (Å²) in [7, 11) is 0. The number of ether oxygens (including phenoxy) is 1. The van der Waals surface area contributed by atoms with Crippen LogP contribution in [0.4, 0.5) is 0 Å². The van der Waals surface area contributed by atoms with Gasteiger partial charge in [0.2, 0.25) is 0 Å². The Morgan fingerprint density at radius 2 is 2.00 bits per heavy atom. The van der Waals surface area contributed by atoms with Crippen molar-refractivity contribution in [2.75, 3.05) is 13.2 Å². The highest BCUT2D eigenvalue weighted by Gasteiger charge is 2.05. The molecule has 6 nitrogen and oxygen atoms in total. The van der Waals surface area contributed by atoms with Gasteiger partial charge in [0.05, 0.1) is 12.6 Å². The van der Waals surface area contributed by atoms with Crippen LogP contribution in [-0.2, 0) is 17.8 Å². The molecule has 110 valence electrons. The Kier molecular flexibility index (Phi) is 7.59. The van der Waals surface area contributed by atoms with Crippen LogP contribution in [0.5, 0.6) is 0 Å². The summed E-state index contributed by atoms with van der Waals surface area (Å²) < 4.78 is 7.39. The molecule has 6 heteroatoms. The summed E-state index contributed by atoms with van der Waals surface area (Å²) in [6.07, 6.45) is 2.38. The van der Waals surface area contributed by atoms with E-state index in [9.17, 15) is 0 Å². The van der Waals surface area contributed by atoms with Crippen molar-refractivity contribution in [3.05, 3.63) is 5.82 Å². The Balaban J connectivity index is 2.21. The Labute approximate surface area is 115 Å². The van der Waals surface area contributed by atoms with Gasteiger partial charge in [0.15, 0.2) is 5.82 Å². The monoisotopic (exact) mass is 269 g/mol. The molecular formula is C13H27N5O. The highest BCUT2D eigenvalue weighted by atomic mass is 16.5. The van der Waals surface area contributed by atoms with Crippen molar-refractivity contribution in [2.24, 2.45) is 5.92 Å². The molecule has 0 unspecified atom stereocenters. The van der Waals surface area contributed by atoms with Crippen molar-refractivity contribution in [3.8, 4) is 0 Å². The number of nitrogens with one attached hydrogen (secondary N) is 1. The quantitative estimate of drug-likeness (QED) is 0.654. The predicted molar refractivity (Wildman–Crippen MR) is 74.7 cm³/mol. The molecule has 0 aliphatic rings. The topological polar surface area (TPSA) is 64.9 Å². The lowest BCUT2D eigenvalue weighted by atomic mass is 10.2. The van der Waals surface area contributed by atoms with E-state index in [1.165, 1.54) is 0 Å². The van der Waals surface area contributed by atoms with E-state index in [4.69, 9.17) is 4.74 Å². The van der Waals surface area contributed by atoms with E-state index in [1.807, 2.05) is 4.68 Å². The minimum Gasteiger partial charge on any atom is -0.379 e. The van der Waals surface area contributed by atoms with Gasteiger partial charge < -0.3 is 10.1 Å². The van der Waals surface area contributed by atoms with Crippen molar-refractivity contribution in [1.29, 1.82) is 0 Å². The van der Waals surface area contributed by atoms with Gasteiger partial charge in [-0.2, -0.15) is 0 Å². The molecule has 19 heavy (non-hydrogen) atoms. The van der Waals surface area contributed by atoms with Crippen LogP contribution in [0.25, 0.3) is 0 Å². The summed E-state index contributed by atoms with van der Waals surface area (Å²) >= 11 is 0. The molecule has 0 aliphatic heterocycles. The standard InChI is InChI=1S/C13H27N5O/c1-11(2)9-14-10-13-15-16-17-18(13)7-5-6-8-19-12(3)4/h11-12,14H,5-10H2,1-4H3. The number of nitrogens with zero attached hydrogens (tertiary/aromatic N) is 4. The van der Waals surface area contributed by atoms with Crippen LogP contribution in [0.15, 0.2) is 0 Å². The van der Waals surface area contributed by atoms with Gasteiger partial charge in [-0.05, 0) is 49.6 Å². The molecular weight excluding hydrogens is 242 g/mol. The van der Waals surface area contributed by atoms with E-state index < -0.39 is 0 Å². The van der Waals surface area contributed by atoms with Gasteiger partial charge in [-0.3, -0.25) is 0 Å². The normalized spacial score (nSPS) is 11.7. The average Bonchev–Trinajstić information content (AvgIpc) is 2.75. The molecule has 1 aromatic heterocycles. The maximum absolute atomic E-state index is 5.51. The first-order valence-electron chi connectivity index (χ1n) is 7.17. The fourth-order valence-electron chi connectivity index (χ4n) is 1.68. The van der Waals surface area contributed by atoms with Crippen LogP contribution in [0.1, 0.15) is 46.4 Å². The highest BCUT2D eigenvalue weighted by molar-refractivity contribution is 4.79. The summed E-state index contributed by atoms with van der Waals surface area (Å²) in [4.78, 5) is 0. The number of unbranched alkanes of at least 4 members (excludes halogenated alkanes) is 1. The maximum atomic E-state index is 5.51. The third-order valence-corrected chi connectivity index (χ3v) is 2.66. The predicted octanol–water partition coefficient (Wildman–Crippen LogP) is 1.62. The van der Waals surface area contributed by atoms with Gasteiger partial charge in [0.25, 0.3) is 0 Å². The van der Waals surface area contributed by atoms with Gasteiger partial charge in [0.1, 0.15) is 0 Å². The van der Waals surface area contributed by atoms with Crippen molar-refractivity contribution < 1.29 is 4.74 Å². The number of aryl methyl sites for hydroxylation is 1. The third-order valence-electron chi connectivity index (χ3n) is 2.66. The number of hydrogen-bond donors (Lipinski definition) is 1. The van der Waals surface area contributed by atoms with E-state index in [0.717, 1.165) is 44.9 Å². The molecule has 0 spiro atoms. The van der Waals surface area contributed by atoms with Crippen molar-refractivity contribution in [3.63, 3.8) is 0 Å². The minimum absolute atomic E-state index is 0.309. The third kappa shape index (κ3) is 7.22. The number of aromatic nitrogens is 4.